The number of amides is 2. The molecule has 0 spiro atoms. The zero-order valence-corrected chi connectivity index (χ0v) is 15.6. The highest BCUT2D eigenvalue weighted by molar-refractivity contribution is 5.74. The van der Waals surface area contributed by atoms with Crippen LogP contribution in [0.4, 0.5) is 4.79 Å². The minimum absolute atomic E-state index is 0.135. The highest BCUT2D eigenvalue weighted by atomic mass is 16.2. The van der Waals surface area contributed by atoms with Crippen molar-refractivity contribution in [3.05, 3.63) is 18.2 Å². The van der Waals surface area contributed by atoms with Crippen LogP contribution >= 0.6 is 0 Å². The van der Waals surface area contributed by atoms with Gasteiger partial charge in [-0.25, -0.2) is 9.78 Å². The Kier molecular flexibility index (Phi) is 4.39. The fraction of sp³-hybridized carbons (Fsp3) is 0.800. The number of carbonyl (C=O) groups is 1. The Bertz CT molecular complexity index is 654. The van der Waals surface area contributed by atoms with Gasteiger partial charge in [-0.1, -0.05) is 0 Å². The summed E-state index contributed by atoms with van der Waals surface area (Å²) in [5, 5.41) is 3.21. The van der Waals surface area contributed by atoms with E-state index in [2.05, 4.69) is 30.9 Å². The Labute approximate surface area is 155 Å². The molecule has 1 aromatic heterocycles. The van der Waals surface area contributed by atoms with E-state index in [1.807, 2.05) is 6.20 Å². The van der Waals surface area contributed by atoms with Crippen molar-refractivity contribution in [2.75, 3.05) is 26.2 Å². The molecular formula is C20H31N5O. The molecule has 1 aromatic rings. The van der Waals surface area contributed by atoms with Crippen molar-refractivity contribution < 1.29 is 4.79 Å². The lowest BCUT2D eigenvalue weighted by atomic mass is 9.84. The van der Waals surface area contributed by atoms with Crippen molar-refractivity contribution in [3.63, 3.8) is 0 Å². The first-order chi connectivity index (χ1) is 12.8. The Hall–Kier alpha value is -1.56. The number of urea groups is 1. The molecule has 142 valence electrons. The summed E-state index contributed by atoms with van der Waals surface area (Å²) in [6, 6.07) is 1.72. The highest BCUT2D eigenvalue weighted by Gasteiger charge is 2.42. The smallest absolute Gasteiger partial charge is 0.317 e. The summed E-state index contributed by atoms with van der Waals surface area (Å²) < 4.78 is 2.24. The summed E-state index contributed by atoms with van der Waals surface area (Å²) in [5.74, 6) is 2.18. The van der Waals surface area contributed by atoms with Crippen molar-refractivity contribution in [2.45, 2.75) is 69.5 Å². The van der Waals surface area contributed by atoms with Crippen molar-refractivity contribution in [3.8, 4) is 0 Å². The van der Waals surface area contributed by atoms with Crippen molar-refractivity contribution in [1.29, 1.82) is 0 Å². The van der Waals surface area contributed by atoms with E-state index in [-0.39, 0.29) is 6.03 Å². The second-order valence-corrected chi connectivity index (χ2v) is 8.68. The predicted octanol–water partition coefficient (Wildman–Crippen LogP) is 2.42. The number of rotatable bonds is 3. The molecule has 3 atom stereocenters. The van der Waals surface area contributed by atoms with Crippen molar-refractivity contribution in [2.24, 2.45) is 5.92 Å². The highest BCUT2D eigenvalue weighted by Crippen LogP contribution is 2.38. The van der Waals surface area contributed by atoms with Gasteiger partial charge in [0, 0.05) is 56.6 Å². The molecule has 0 aromatic carbocycles. The molecule has 1 saturated carbocycles. The van der Waals surface area contributed by atoms with E-state index in [1.165, 1.54) is 38.6 Å². The van der Waals surface area contributed by atoms with Crippen LogP contribution in [-0.2, 0) is 6.54 Å². The van der Waals surface area contributed by atoms with Gasteiger partial charge in [-0.05, 0) is 57.4 Å². The molecule has 3 aliphatic heterocycles. The fourth-order valence-corrected chi connectivity index (χ4v) is 5.51. The van der Waals surface area contributed by atoms with E-state index in [9.17, 15) is 4.79 Å². The molecule has 2 amide bonds. The van der Waals surface area contributed by atoms with Crippen LogP contribution in [0.15, 0.2) is 12.4 Å². The van der Waals surface area contributed by atoms with Crippen LogP contribution in [0.1, 0.15) is 56.7 Å². The second-order valence-electron chi connectivity index (χ2n) is 8.68. The molecule has 5 rings (SSSR count). The predicted molar refractivity (Wildman–Crippen MR) is 100 cm³/mol. The van der Waals surface area contributed by atoms with Crippen LogP contribution in [0.2, 0.25) is 0 Å². The molecule has 2 saturated heterocycles. The van der Waals surface area contributed by atoms with Crippen LogP contribution < -0.4 is 5.32 Å². The molecule has 26 heavy (non-hydrogen) atoms. The van der Waals surface area contributed by atoms with Crippen LogP contribution in [0.3, 0.4) is 0 Å². The molecule has 3 unspecified atom stereocenters. The molecule has 0 radical (unpaired) electrons. The lowest BCUT2D eigenvalue weighted by molar-refractivity contribution is 0.0295. The quantitative estimate of drug-likeness (QED) is 0.904. The summed E-state index contributed by atoms with van der Waals surface area (Å²) in [6.45, 7) is 4.92. The fourth-order valence-electron chi connectivity index (χ4n) is 5.51. The summed E-state index contributed by atoms with van der Waals surface area (Å²) in [5.41, 5.74) is 0. The maximum Gasteiger partial charge on any atom is 0.317 e. The van der Waals surface area contributed by atoms with Gasteiger partial charge in [-0.2, -0.15) is 0 Å². The van der Waals surface area contributed by atoms with E-state index < -0.39 is 0 Å². The number of nitrogens with zero attached hydrogens (tertiary/aromatic N) is 4. The number of piperidine rings is 2. The number of hydrogen-bond donors (Lipinski definition) is 1. The van der Waals surface area contributed by atoms with Gasteiger partial charge in [-0.15, -0.1) is 0 Å². The van der Waals surface area contributed by atoms with Crippen LogP contribution in [0.25, 0.3) is 0 Å². The van der Waals surface area contributed by atoms with E-state index in [1.54, 1.807) is 0 Å². The lowest BCUT2D eigenvalue weighted by Gasteiger charge is -2.47. The normalized spacial score (nSPS) is 32.0. The number of carbonyl (C=O) groups excluding carboxylic acids is 1. The van der Waals surface area contributed by atoms with Gasteiger partial charge >= 0.3 is 6.03 Å². The SMILES string of the molecule is O=C(NCC1CCCn2ccnc21)N1CCC2C(CCCN2C2CC2)C1. The second kappa shape index (κ2) is 6.87. The molecular weight excluding hydrogens is 326 g/mol. The van der Waals surface area contributed by atoms with Gasteiger partial charge in [0.25, 0.3) is 0 Å². The number of aryl methyl sites for hydroxylation is 1. The van der Waals surface area contributed by atoms with Crippen molar-refractivity contribution in [1.82, 2.24) is 24.7 Å². The van der Waals surface area contributed by atoms with Crippen molar-refractivity contribution >= 4 is 6.03 Å². The third-order valence-corrected chi connectivity index (χ3v) is 6.98. The van der Waals surface area contributed by atoms with E-state index in [4.69, 9.17) is 0 Å². The van der Waals surface area contributed by atoms with Crippen LogP contribution in [0.5, 0.6) is 0 Å². The number of hydrogen-bond acceptors (Lipinski definition) is 3. The topological polar surface area (TPSA) is 53.4 Å². The molecule has 6 heteroatoms. The maximum atomic E-state index is 12.8. The number of nitrogens with one attached hydrogen (secondary N) is 1. The zero-order chi connectivity index (χ0) is 17.5. The minimum Gasteiger partial charge on any atom is -0.337 e. The Morgan fingerprint density at radius 1 is 1.12 bits per heavy atom. The molecule has 4 heterocycles. The van der Waals surface area contributed by atoms with Gasteiger partial charge in [0.15, 0.2) is 0 Å². The third kappa shape index (κ3) is 3.13. The number of aromatic nitrogens is 2. The average Bonchev–Trinajstić information content (AvgIpc) is 3.41. The summed E-state index contributed by atoms with van der Waals surface area (Å²) in [7, 11) is 0. The summed E-state index contributed by atoms with van der Waals surface area (Å²) in [4.78, 5) is 22.1. The molecule has 1 N–H and O–H groups in total. The van der Waals surface area contributed by atoms with Gasteiger partial charge in [0.1, 0.15) is 5.82 Å². The van der Waals surface area contributed by atoms with Gasteiger partial charge in [0.05, 0.1) is 0 Å². The first-order valence-electron chi connectivity index (χ1n) is 10.6. The molecule has 0 bridgehead atoms. The summed E-state index contributed by atoms with van der Waals surface area (Å²) in [6.07, 6.45) is 12.8. The van der Waals surface area contributed by atoms with E-state index in [0.29, 0.717) is 18.4 Å². The van der Waals surface area contributed by atoms with Crippen LogP contribution in [0, 0.1) is 5.92 Å². The minimum atomic E-state index is 0.135. The largest absolute Gasteiger partial charge is 0.337 e. The molecule has 1 aliphatic carbocycles. The first-order valence-corrected chi connectivity index (χ1v) is 10.6. The van der Waals surface area contributed by atoms with E-state index in [0.717, 1.165) is 50.4 Å². The Morgan fingerprint density at radius 3 is 2.88 bits per heavy atom. The Balaban J connectivity index is 1.16. The zero-order valence-electron chi connectivity index (χ0n) is 15.6. The lowest BCUT2D eigenvalue weighted by Crippen LogP contribution is -2.57. The Morgan fingerprint density at radius 2 is 2.00 bits per heavy atom. The third-order valence-electron chi connectivity index (χ3n) is 6.98. The summed E-state index contributed by atoms with van der Waals surface area (Å²) >= 11 is 0. The number of fused-ring (bicyclic) bond motifs is 2. The van der Waals surface area contributed by atoms with Gasteiger partial charge in [-0.3, -0.25) is 4.90 Å². The maximum absolute atomic E-state index is 12.8. The standard InChI is InChI=1S/C20H31N5O/c26-20(22-13-15-3-1-9-23-12-8-21-19(15)23)24-11-7-18-16(14-24)4-2-10-25(18)17-5-6-17/h8,12,15-18H,1-7,9-11,13-14H2,(H,22,26). The molecule has 6 nitrogen and oxygen atoms in total. The van der Waals surface area contributed by atoms with Gasteiger partial charge < -0.3 is 14.8 Å². The van der Waals surface area contributed by atoms with Gasteiger partial charge in [0.2, 0.25) is 0 Å². The molecule has 4 aliphatic rings. The first kappa shape index (κ1) is 16.6. The van der Waals surface area contributed by atoms with Crippen LogP contribution in [-0.4, -0.2) is 63.6 Å². The number of likely N-dealkylation sites (tertiary alicyclic amines) is 2. The van der Waals surface area contributed by atoms with E-state index >= 15 is 0 Å². The average molecular weight is 358 g/mol. The number of imidazole rings is 1. The molecule has 3 fully saturated rings. The monoisotopic (exact) mass is 357 g/mol.